The first-order valence-electron chi connectivity index (χ1n) is 9.70. The zero-order valence-electron chi connectivity index (χ0n) is 16.8. The summed E-state index contributed by atoms with van der Waals surface area (Å²) in [6, 6.07) is 3.81. The highest BCUT2D eigenvalue weighted by atomic mass is 16.2. The number of amides is 2. The second-order valence-electron chi connectivity index (χ2n) is 8.31. The number of nitrogens with zero attached hydrogens (tertiary/aromatic N) is 3. The molecule has 0 radical (unpaired) electrons. The number of carbonyl (C=O) groups is 2. The number of piperazine rings is 1. The third-order valence-electron chi connectivity index (χ3n) is 4.62. The molecule has 0 aromatic carbocycles. The molecular formula is C20H33N5O2. The predicted octanol–water partition coefficient (Wildman–Crippen LogP) is 1.14. The number of primary amides is 1. The van der Waals surface area contributed by atoms with Crippen LogP contribution in [0.25, 0.3) is 0 Å². The van der Waals surface area contributed by atoms with Crippen LogP contribution >= 0.6 is 0 Å². The van der Waals surface area contributed by atoms with E-state index in [-0.39, 0.29) is 23.4 Å². The largest absolute Gasteiger partial charge is 0.370 e. The van der Waals surface area contributed by atoms with Gasteiger partial charge in [-0.25, -0.2) is 0 Å². The Kier molecular flexibility index (Phi) is 7.74. The molecule has 0 bridgehead atoms. The Bertz CT molecular complexity index is 615. The molecule has 27 heavy (non-hydrogen) atoms. The van der Waals surface area contributed by atoms with Crippen LogP contribution < -0.4 is 11.1 Å². The number of pyridine rings is 1. The van der Waals surface area contributed by atoms with Crippen LogP contribution in [0.15, 0.2) is 24.5 Å². The number of nitrogens with one attached hydrogen (secondary N) is 1. The van der Waals surface area contributed by atoms with E-state index in [4.69, 9.17) is 5.73 Å². The highest BCUT2D eigenvalue weighted by Crippen LogP contribution is 2.15. The van der Waals surface area contributed by atoms with Crippen LogP contribution in [0.2, 0.25) is 0 Å². The number of aromatic nitrogens is 1. The maximum absolute atomic E-state index is 12.9. The lowest BCUT2D eigenvalue weighted by atomic mass is 10.0. The van der Waals surface area contributed by atoms with E-state index in [9.17, 15) is 9.59 Å². The molecule has 150 valence electrons. The molecule has 7 heteroatoms. The van der Waals surface area contributed by atoms with Crippen molar-refractivity contribution in [3.63, 3.8) is 0 Å². The molecule has 1 aliphatic rings. The summed E-state index contributed by atoms with van der Waals surface area (Å²) >= 11 is 0. The molecule has 0 spiro atoms. The zero-order chi connectivity index (χ0) is 19.9. The molecule has 1 saturated heterocycles. The van der Waals surface area contributed by atoms with Gasteiger partial charge in [0.25, 0.3) is 0 Å². The molecule has 1 aliphatic heterocycles. The molecule has 0 saturated carbocycles. The summed E-state index contributed by atoms with van der Waals surface area (Å²) in [5, 5.41) is 3.12. The van der Waals surface area contributed by atoms with Gasteiger partial charge in [0, 0.05) is 50.5 Å². The molecule has 2 heterocycles. The monoisotopic (exact) mass is 375 g/mol. The SMILES string of the molecule is CC(C)(C)NC(=O)C1CN(Cc2cccnc2)CCN1CCCCC(N)=O. The first kappa shape index (κ1) is 21.3. The van der Waals surface area contributed by atoms with E-state index in [2.05, 4.69) is 26.2 Å². The van der Waals surface area contributed by atoms with Gasteiger partial charge < -0.3 is 11.1 Å². The minimum atomic E-state index is -0.265. The smallest absolute Gasteiger partial charge is 0.239 e. The van der Waals surface area contributed by atoms with Gasteiger partial charge >= 0.3 is 0 Å². The highest BCUT2D eigenvalue weighted by molar-refractivity contribution is 5.82. The van der Waals surface area contributed by atoms with Gasteiger partial charge in [0.15, 0.2) is 0 Å². The fourth-order valence-corrected chi connectivity index (χ4v) is 3.35. The van der Waals surface area contributed by atoms with E-state index in [1.807, 2.05) is 33.0 Å². The van der Waals surface area contributed by atoms with Crippen molar-refractivity contribution in [2.24, 2.45) is 5.73 Å². The molecule has 2 amide bonds. The molecule has 0 aliphatic carbocycles. The van der Waals surface area contributed by atoms with Crippen molar-refractivity contribution < 1.29 is 9.59 Å². The Morgan fingerprint density at radius 1 is 1.30 bits per heavy atom. The standard InChI is InChI=1S/C20H33N5O2/c1-20(2,3)23-19(27)17-15-24(14-16-7-6-9-22-13-16)11-12-25(17)10-5-4-8-18(21)26/h6-7,9,13,17H,4-5,8,10-12,14-15H2,1-3H3,(H2,21,26)(H,23,27). The Morgan fingerprint density at radius 3 is 2.70 bits per heavy atom. The van der Waals surface area contributed by atoms with Gasteiger partial charge in [-0.2, -0.15) is 0 Å². The molecule has 1 atom stereocenters. The van der Waals surface area contributed by atoms with E-state index in [1.54, 1.807) is 6.20 Å². The molecule has 7 nitrogen and oxygen atoms in total. The molecule has 1 unspecified atom stereocenters. The summed E-state index contributed by atoms with van der Waals surface area (Å²) in [4.78, 5) is 32.6. The normalized spacial score (nSPS) is 19.0. The maximum atomic E-state index is 12.9. The molecule has 1 aromatic rings. The van der Waals surface area contributed by atoms with Crippen LogP contribution in [0.5, 0.6) is 0 Å². The van der Waals surface area contributed by atoms with E-state index >= 15 is 0 Å². The molecule has 1 aromatic heterocycles. The van der Waals surface area contributed by atoms with Gasteiger partial charge in [-0.05, 0) is 51.8 Å². The number of nitrogens with two attached hydrogens (primary N) is 1. The molecule has 2 rings (SSSR count). The van der Waals surface area contributed by atoms with Crippen molar-refractivity contribution >= 4 is 11.8 Å². The second-order valence-corrected chi connectivity index (χ2v) is 8.31. The average molecular weight is 376 g/mol. The number of carbonyl (C=O) groups excluding carboxylic acids is 2. The predicted molar refractivity (Wildman–Crippen MR) is 106 cm³/mol. The average Bonchev–Trinajstić information content (AvgIpc) is 2.59. The fraction of sp³-hybridized carbons (Fsp3) is 0.650. The zero-order valence-corrected chi connectivity index (χ0v) is 16.8. The number of hydrogen-bond donors (Lipinski definition) is 2. The Morgan fingerprint density at radius 2 is 2.07 bits per heavy atom. The van der Waals surface area contributed by atoms with E-state index in [0.717, 1.165) is 44.6 Å². The Labute approximate surface area is 162 Å². The van der Waals surface area contributed by atoms with Crippen LogP contribution in [-0.4, -0.2) is 64.4 Å². The minimum Gasteiger partial charge on any atom is -0.370 e. The van der Waals surface area contributed by atoms with Gasteiger partial charge in [0.1, 0.15) is 6.04 Å². The highest BCUT2D eigenvalue weighted by Gasteiger charge is 2.33. The number of unbranched alkanes of at least 4 members (excludes halogenated alkanes) is 1. The summed E-state index contributed by atoms with van der Waals surface area (Å²) in [7, 11) is 0. The Balaban J connectivity index is 1.98. The lowest BCUT2D eigenvalue weighted by molar-refractivity contribution is -0.130. The third kappa shape index (κ3) is 7.64. The van der Waals surface area contributed by atoms with Crippen molar-refractivity contribution in [3.8, 4) is 0 Å². The van der Waals surface area contributed by atoms with Crippen molar-refractivity contribution in [2.75, 3.05) is 26.2 Å². The topological polar surface area (TPSA) is 91.6 Å². The second kappa shape index (κ2) is 9.80. The molecule has 1 fully saturated rings. The van der Waals surface area contributed by atoms with Crippen LogP contribution in [0, 0.1) is 0 Å². The van der Waals surface area contributed by atoms with Gasteiger partial charge in [-0.1, -0.05) is 6.07 Å². The van der Waals surface area contributed by atoms with E-state index in [1.165, 1.54) is 0 Å². The summed E-state index contributed by atoms with van der Waals surface area (Å²) in [5.74, 6) is -0.202. The van der Waals surface area contributed by atoms with Crippen LogP contribution in [0.4, 0.5) is 0 Å². The first-order chi connectivity index (χ1) is 12.7. The number of hydrogen-bond acceptors (Lipinski definition) is 5. The van der Waals surface area contributed by atoms with Crippen molar-refractivity contribution in [1.82, 2.24) is 20.1 Å². The fourth-order valence-electron chi connectivity index (χ4n) is 3.35. The van der Waals surface area contributed by atoms with Crippen LogP contribution in [-0.2, 0) is 16.1 Å². The van der Waals surface area contributed by atoms with Gasteiger partial charge in [0.2, 0.25) is 11.8 Å². The first-order valence-corrected chi connectivity index (χ1v) is 9.70. The number of rotatable bonds is 8. The minimum absolute atomic E-state index is 0.0632. The van der Waals surface area contributed by atoms with E-state index < -0.39 is 0 Å². The Hall–Kier alpha value is -1.99. The summed E-state index contributed by atoms with van der Waals surface area (Å²) in [6.07, 6.45) is 5.68. The van der Waals surface area contributed by atoms with Crippen molar-refractivity contribution in [1.29, 1.82) is 0 Å². The molecular weight excluding hydrogens is 342 g/mol. The summed E-state index contributed by atoms with van der Waals surface area (Å²) < 4.78 is 0. The summed E-state index contributed by atoms with van der Waals surface area (Å²) in [6.45, 7) is 10.0. The summed E-state index contributed by atoms with van der Waals surface area (Å²) in [5.41, 5.74) is 6.11. The lowest BCUT2D eigenvalue weighted by Crippen LogP contribution is -2.60. The van der Waals surface area contributed by atoms with E-state index in [0.29, 0.717) is 13.0 Å². The third-order valence-corrected chi connectivity index (χ3v) is 4.62. The van der Waals surface area contributed by atoms with Crippen molar-refractivity contribution in [3.05, 3.63) is 30.1 Å². The van der Waals surface area contributed by atoms with Crippen LogP contribution in [0.3, 0.4) is 0 Å². The van der Waals surface area contributed by atoms with Crippen molar-refractivity contribution in [2.45, 2.75) is 58.2 Å². The quantitative estimate of drug-likeness (QED) is 0.665. The van der Waals surface area contributed by atoms with Gasteiger partial charge in [-0.15, -0.1) is 0 Å². The lowest BCUT2D eigenvalue weighted by Gasteiger charge is -2.41. The molecule has 3 N–H and O–H groups in total. The van der Waals surface area contributed by atoms with Gasteiger partial charge in [0.05, 0.1) is 0 Å². The van der Waals surface area contributed by atoms with Gasteiger partial charge in [-0.3, -0.25) is 24.4 Å². The van der Waals surface area contributed by atoms with Crippen LogP contribution in [0.1, 0.15) is 45.6 Å². The maximum Gasteiger partial charge on any atom is 0.239 e.